The average molecular weight is 227 g/mol. The van der Waals surface area contributed by atoms with Gasteiger partial charge in [0.2, 0.25) is 0 Å². The van der Waals surface area contributed by atoms with Crippen molar-refractivity contribution in [3.05, 3.63) is 35.6 Å². The van der Waals surface area contributed by atoms with E-state index in [4.69, 9.17) is 15.6 Å². The van der Waals surface area contributed by atoms with Gasteiger partial charge in [0.25, 0.3) is 0 Å². The van der Waals surface area contributed by atoms with Crippen LogP contribution in [-0.2, 0) is 11.2 Å². The average Bonchev–Trinajstić information content (AvgIpc) is 2.30. The van der Waals surface area contributed by atoms with E-state index in [0.717, 1.165) is 0 Å². The van der Waals surface area contributed by atoms with Gasteiger partial charge in [-0.1, -0.05) is 18.2 Å². The molecule has 1 rings (SSSR count). The van der Waals surface area contributed by atoms with Crippen LogP contribution in [-0.4, -0.2) is 30.5 Å². The predicted molar refractivity (Wildman–Crippen MR) is 60.6 cm³/mol. The summed E-state index contributed by atoms with van der Waals surface area (Å²) < 4.78 is 18.9. The van der Waals surface area contributed by atoms with Crippen LogP contribution >= 0.6 is 0 Å². The summed E-state index contributed by atoms with van der Waals surface area (Å²) in [5.74, 6) is -0.255. The molecule has 0 radical (unpaired) electrons. The molecule has 1 unspecified atom stereocenters. The van der Waals surface area contributed by atoms with Crippen molar-refractivity contribution in [3.8, 4) is 0 Å². The van der Waals surface area contributed by atoms with Crippen LogP contribution in [0.1, 0.15) is 12.5 Å². The summed E-state index contributed by atoms with van der Waals surface area (Å²) in [6.45, 7) is 2.24. The van der Waals surface area contributed by atoms with Crippen molar-refractivity contribution in [1.82, 2.24) is 0 Å². The molecule has 0 heterocycles. The summed E-state index contributed by atoms with van der Waals surface area (Å²) >= 11 is 0. The molecule has 4 heteroatoms. The van der Waals surface area contributed by atoms with Crippen LogP contribution in [0.3, 0.4) is 0 Å². The SMILES string of the molecule is CC(CN)(Cc1ccccc1F)OCCO. The summed E-state index contributed by atoms with van der Waals surface area (Å²) in [6.07, 6.45) is 0.399. The molecule has 90 valence electrons. The molecule has 0 amide bonds. The van der Waals surface area contributed by atoms with E-state index in [9.17, 15) is 4.39 Å². The normalized spacial score (nSPS) is 14.8. The minimum Gasteiger partial charge on any atom is -0.394 e. The highest BCUT2D eigenvalue weighted by Crippen LogP contribution is 2.18. The van der Waals surface area contributed by atoms with E-state index in [1.165, 1.54) is 6.07 Å². The standard InChI is InChI=1S/C12H18FNO2/c1-12(9-14,16-7-6-15)8-10-4-2-3-5-11(10)13/h2-5,15H,6-9,14H2,1H3. The van der Waals surface area contributed by atoms with E-state index < -0.39 is 5.60 Å². The second-order valence-corrected chi connectivity index (χ2v) is 3.99. The van der Waals surface area contributed by atoms with Gasteiger partial charge in [-0.25, -0.2) is 4.39 Å². The lowest BCUT2D eigenvalue weighted by atomic mass is 9.96. The fourth-order valence-corrected chi connectivity index (χ4v) is 1.52. The second kappa shape index (κ2) is 5.94. The highest BCUT2D eigenvalue weighted by molar-refractivity contribution is 5.19. The number of aliphatic hydroxyl groups is 1. The molecule has 3 nitrogen and oxygen atoms in total. The van der Waals surface area contributed by atoms with Crippen molar-refractivity contribution in [2.45, 2.75) is 18.9 Å². The predicted octanol–water partition coefficient (Wildman–Crippen LogP) is 1.09. The molecule has 0 aliphatic heterocycles. The van der Waals surface area contributed by atoms with Gasteiger partial charge in [0.15, 0.2) is 0 Å². The van der Waals surface area contributed by atoms with E-state index >= 15 is 0 Å². The van der Waals surface area contributed by atoms with Gasteiger partial charge in [0, 0.05) is 13.0 Å². The Morgan fingerprint density at radius 1 is 1.44 bits per heavy atom. The minimum absolute atomic E-state index is 0.0626. The first-order valence-electron chi connectivity index (χ1n) is 5.29. The molecule has 1 aromatic rings. The smallest absolute Gasteiger partial charge is 0.126 e. The number of hydrogen-bond donors (Lipinski definition) is 2. The van der Waals surface area contributed by atoms with Crippen molar-refractivity contribution in [2.24, 2.45) is 5.73 Å². The monoisotopic (exact) mass is 227 g/mol. The van der Waals surface area contributed by atoms with Gasteiger partial charge in [-0.05, 0) is 18.6 Å². The van der Waals surface area contributed by atoms with Crippen LogP contribution in [0.4, 0.5) is 4.39 Å². The summed E-state index contributed by atoms with van der Waals surface area (Å²) in [5, 5.41) is 8.71. The maximum Gasteiger partial charge on any atom is 0.126 e. The summed E-state index contributed by atoms with van der Waals surface area (Å²) in [6, 6.07) is 6.55. The van der Waals surface area contributed by atoms with Gasteiger partial charge in [0.05, 0.1) is 18.8 Å². The Balaban J connectivity index is 2.72. The number of hydrogen-bond acceptors (Lipinski definition) is 3. The third-order valence-electron chi connectivity index (χ3n) is 2.50. The van der Waals surface area contributed by atoms with Gasteiger partial charge in [-0.15, -0.1) is 0 Å². The van der Waals surface area contributed by atoms with Gasteiger partial charge in [0.1, 0.15) is 5.82 Å². The molecule has 0 fully saturated rings. The highest BCUT2D eigenvalue weighted by Gasteiger charge is 2.24. The van der Waals surface area contributed by atoms with E-state index in [2.05, 4.69) is 0 Å². The molecule has 1 atom stereocenters. The van der Waals surface area contributed by atoms with Crippen molar-refractivity contribution in [2.75, 3.05) is 19.8 Å². The Kier molecular flexibility index (Phi) is 4.86. The summed E-state index contributed by atoms with van der Waals surface area (Å²) in [7, 11) is 0. The number of halogens is 1. The maximum absolute atomic E-state index is 13.4. The molecular formula is C12H18FNO2. The third-order valence-corrected chi connectivity index (χ3v) is 2.50. The molecule has 0 spiro atoms. The van der Waals surface area contributed by atoms with Gasteiger partial charge < -0.3 is 15.6 Å². The van der Waals surface area contributed by atoms with E-state index in [1.807, 2.05) is 6.92 Å². The molecule has 0 aliphatic rings. The third kappa shape index (κ3) is 3.56. The fourth-order valence-electron chi connectivity index (χ4n) is 1.52. The number of rotatable bonds is 6. The lowest BCUT2D eigenvalue weighted by Crippen LogP contribution is -2.40. The molecule has 0 bridgehead atoms. The van der Waals surface area contributed by atoms with E-state index in [-0.39, 0.29) is 25.6 Å². The van der Waals surface area contributed by atoms with Crippen LogP contribution < -0.4 is 5.73 Å². The lowest BCUT2D eigenvalue weighted by molar-refractivity contribution is -0.0393. The van der Waals surface area contributed by atoms with E-state index in [1.54, 1.807) is 18.2 Å². The lowest BCUT2D eigenvalue weighted by Gasteiger charge is -2.28. The second-order valence-electron chi connectivity index (χ2n) is 3.99. The Bertz CT molecular complexity index is 333. The molecule has 0 saturated heterocycles. The van der Waals surface area contributed by atoms with Crippen LogP contribution in [0.2, 0.25) is 0 Å². The zero-order valence-corrected chi connectivity index (χ0v) is 9.45. The van der Waals surface area contributed by atoms with Crippen molar-refractivity contribution < 1.29 is 14.2 Å². The number of benzene rings is 1. The molecule has 1 aromatic carbocycles. The quantitative estimate of drug-likeness (QED) is 0.765. The minimum atomic E-state index is -0.634. The van der Waals surface area contributed by atoms with Crippen LogP contribution in [0.5, 0.6) is 0 Å². The number of nitrogens with two attached hydrogens (primary N) is 1. The van der Waals surface area contributed by atoms with Crippen molar-refractivity contribution in [1.29, 1.82) is 0 Å². The van der Waals surface area contributed by atoms with Crippen LogP contribution in [0.15, 0.2) is 24.3 Å². The first kappa shape index (κ1) is 13.1. The Labute approximate surface area is 95.0 Å². The topological polar surface area (TPSA) is 55.5 Å². The van der Waals surface area contributed by atoms with Crippen molar-refractivity contribution >= 4 is 0 Å². The number of ether oxygens (including phenoxy) is 1. The molecule has 0 aliphatic carbocycles. The number of aliphatic hydroxyl groups excluding tert-OH is 1. The van der Waals surface area contributed by atoms with Crippen molar-refractivity contribution in [3.63, 3.8) is 0 Å². The van der Waals surface area contributed by atoms with E-state index in [0.29, 0.717) is 12.0 Å². The Hall–Kier alpha value is -0.970. The molecule has 16 heavy (non-hydrogen) atoms. The zero-order valence-electron chi connectivity index (χ0n) is 9.45. The Morgan fingerprint density at radius 2 is 2.12 bits per heavy atom. The molecule has 0 aromatic heterocycles. The molecular weight excluding hydrogens is 209 g/mol. The summed E-state index contributed by atoms with van der Waals surface area (Å²) in [4.78, 5) is 0. The van der Waals surface area contributed by atoms with Gasteiger partial charge >= 0.3 is 0 Å². The van der Waals surface area contributed by atoms with Crippen LogP contribution in [0.25, 0.3) is 0 Å². The molecule has 3 N–H and O–H groups in total. The zero-order chi connectivity index (χ0) is 12.0. The van der Waals surface area contributed by atoms with Gasteiger partial charge in [-0.3, -0.25) is 0 Å². The largest absolute Gasteiger partial charge is 0.394 e. The first-order chi connectivity index (χ1) is 7.61. The van der Waals surface area contributed by atoms with Crippen LogP contribution in [0, 0.1) is 5.82 Å². The Morgan fingerprint density at radius 3 is 2.69 bits per heavy atom. The summed E-state index contributed by atoms with van der Waals surface area (Å²) in [5.41, 5.74) is 5.56. The first-order valence-corrected chi connectivity index (χ1v) is 5.29. The molecule has 0 saturated carbocycles. The highest BCUT2D eigenvalue weighted by atomic mass is 19.1. The van der Waals surface area contributed by atoms with Gasteiger partial charge in [-0.2, -0.15) is 0 Å². The maximum atomic E-state index is 13.4. The fraction of sp³-hybridized carbons (Fsp3) is 0.500.